The molecule has 0 aliphatic rings. The number of aromatic carboxylic acids is 1. The molecule has 0 heterocycles. The highest BCUT2D eigenvalue weighted by molar-refractivity contribution is 5.96. The number of carboxylic acid groups (broad SMARTS) is 1. The number of rotatable bonds is 16. The Labute approximate surface area is 243 Å². The van der Waals surface area contributed by atoms with Crippen LogP contribution in [-0.2, 0) is 4.74 Å². The second kappa shape index (κ2) is 16.3. The molecule has 0 spiro atoms. The first-order chi connectivity index (χ1) is 19.9. The van der Waals surface area contributed by atoms with Crippen LogP contribution in [0.1, 0.15) is 76.1 Å². The molecule has 1 N–H and O–H groups in total. The van der Waals surface area contributed by atoms with E-state index in [-0.39, 0.29) is 17.2 Å². The molecule has 0 amide bonds. The highest BCUT2D eigenvalue weighted by atomic mass is 16.7. The first-order valence-corrected chi connectivity index (χ1v) is 14.5. The van der Waals surface area contributed by atoms with E-state index in [2.05, 4.69) is 6.92 Å². The van der Waals surface area contributed by atoms with Crippen molar-refractivity contribution in [2.75, 3.05) is 20.3 Å². The molecule has 1 unspecified atom stereocenters. The molecule has 0 radical (unpaired) electrons. The lowest BCUT2D eigenvalue weighted by Crippen LogP contribution is -2.15. The van der Waals surface area contributed by atoms with Gasteiger partial charge in [-0.3, -0.25) is 0 Å². The first-order valence-electron chi connectivity index (χ1n) is 14.5. The van der Waals surface area contributed by atoms with Crippen LogP contribution in [0, 0.1) is 5.92 Å². The third-order valence-electron chi connectivity index (χ3n) is 7.05. The fourth-order valence-electron chi connectivity index (χ4n) is 4.40. The SMILES string of the molecule is CCCCCCCCOc1ccc(C(=O)O)c(OC)c1-c1ccc(-c2ccc(OC(=O)OCC(C)CC)cc2)cc1. The van der Waals surface area contributed by atoms with Crippen molar-refractivity contribution in [1.82, 2.24) is 0 Å². The first kappa shape index (κ1) is 31.5. The summed E-state index contributed by atoms with van der Waals surface area (Å²) in [7, 11) is 1.47. The summed E-state index contributed by atoms with van der Waals surface area (Å²) in [6.45, 7) is 7.12. The Balaban J connectivity index is 1.75. The summed E-state index contributed by atoms with van der Waals surface area (Å²) >= 11 is 0. The van der Waals surface area contributed by atoms with E-state index >= 15 is 0 Å². The molecule has 0 aliphatic carbocycles. The van der Waals surface area contributed by atoms with Crippen LogP contribution in [0.4, 0.5) is 4.79 Å². The Morgan fingerprint density at radius 3 is 2.02 bits per heavy atom. The maximum absolute atomic E-state index is 11.9. The molecule has 3 aromatic carbocycles. The van der Waals surface area contributed by atoms with Crippen molar-refractivity contribution in [1.29, 1.82) is 0 Å². The number of carboxylic acids is 1. The maximum atomic E-state index is 11.9. The maximum Gasteiger partial charge on any atom is 0.513 e. The molecule has 0 bridgehead atoms. The molecule has 7 nitrogen and oxygen atoms in total. The summed E-state index contributed by atoms with van der Waals surface area (Å²) in [5.41, 5.74) is 3.36. The van der Waals surface area contributed by atoms with Crippen molar-refractivity contribution >= 4 is 12.1 Å². The van der Waals surface area contributed by atoms with Crippen molar-refractivity contribution in [3.8, 4) is 39.5 Å². The third-order valence-corrected chi connectivity index (χ3v) is 7.05. The van der Waals surface area contributed by atoms with Gasteiger partial charge in [0.2, 0.25) is 0 Å². The molecule has 41 heavy (non-hydrogen) atoms. The van der Waals surface area contributed by atoms with Crippen LogP contribution in [0.3, 0.4) is 0 Å². The monoisotopic (exact) mass is 562 g/mol. The summed E-state index contributed by atoms with van der Waals surface area (Å²) < 4.78 is 22.2. The number of hydrogen-bond acceptors (Lipinski definition) is 6. The van der Waals surface area contributed by atoms with E-state index < -0.39 is 12.1 Å². The summed E-state index contributed by atoms with van der Waals surface area (Å²) in [5.74, 6) is 0.486. The van der Waals surface area contributed by atoms with Gasteiger partial charge in [-0.2, -0.15) is 0 Å². The van der Waals surface area contributed by atoms with Gasteiger partial charge >= 0.3 is 12.1 Å². The molecular formula is C34H42O7. The molecule has 1 atom stereocenters. The van der Waals surface area contributed by atoms with E-state index in [0.717, 1.165) is 36.0 Å². The van der Waals surface area contributed by atoms with Crippen molar-refractivity contribution in [3.63, 3.8) is 0 Å². The van der Waals surface area contributed by atoms with Crippen LogP contribution in [0.5, 0.6) is 17.2 Å². The second-order valence-electron chi connectivity index (χ2n) is 10.2. The molecule has 0 aliphatic heterocycles. The molecule has 220 valence electrons. The summed E-state index contributed by atoms with van der Waals surface area (Å²) in [6.07, 6.45) is 7.11. The van der Waals surface area contributed by atoms with Gasteiger partial charge in [-0.25, -0.2) is 9.59 Å². The molecule has 3 aromatic rings. The number of carbonyl (C=O) groups is 2. The van der Waals surface area contributed by atoms with Gasteiger partial charge in [-0.15, -0.1) is 0 Å². The van der Waals surface area contributed by atoms with Crippen molar-refractivity contribution in [3.05, 3.63) is 66.2 Å². The van der Waals surface area contributed by atoms with Gasteiger partial charge in [0, 0.05) is 0 Å². The minimum atomic E-state index is -1.06. The topological polar surface area (TPSA) is 91.3 Å². The van der Waals surface area contributed by atoms with Crippen molar-refractivity contribution < 1.29 is 33.6 Å². The largest absolute Gasteiger partial charge is 0.513 e. The quantitative estimate of drug-likeness (QED) is 0.106. The predicted octanol–water partition coefficient (Wildman–Crippen LogP) is 9.03. The van der Waals surface area contributed by atoms with Crippen LogP contribution in [0.25, 0.3) is 22.3 Å². The van der Waals surface area contributed by atoms with E-state index in [1.807, 2.05) is 50.2 Å². The zero-order valence-electron chi connectivity index (χ0n) is 24.6. The highest BCUT2D eigenvalue weighted by Gasteiger charge is 2.21. The molecular weight excluding hydrogens is 520 g/mol. The number of unbranched alkanes of at least 4 members (excludes halogenated alkanes) is 5. The highest BCUT2D eigenvalue weighted by Crippen LogP contribution is 2.42. The van der Waals surface area contributed by atoms with Crippen molar-refractivity contribution in [2.24, 2.45) is 5.92 Å². The number of ether oxygens (including phenoxy) is 4. The van der Waals surface area contributed by atoms with Crippen LogP contribution < -0.4 is 14.2 Å². The number of hydrogen-bond donors (Lipinski definition) is 1. The van der Waals surface area contributed by atoms with Crippen LogP contribution >= 0.6 is 0 Å². The van der Waals surface area contributed by atoms with Gasteiger partial charge < -0.3 is 24.1 Å². The van der Waals surface area contributed by atoms with Gasteiger partial charge in [-0.1, -0.05) is 95.7 Å². The van der Waals surface area contributed by atoms with Gasteiger partial charge in [0.15, 0.2) is 0 Å². The van der Waals surface area contributed by atoms with Crippen molar-refractivity contribution in [2.45, 2.75) is 65.7 Å². The Morgan fingerprint density at radius 2 is 1.41 bits per heavy atom. The fraction of sp³-hybridized carbons (Fsp3) is 0.412. The van der Waals surface area contributed by atoms with Gasteiger partial charge in [0.25, 0.3) is 0 Å². The standard InChI is InChI=1S/C34H42O7/c1-5-7-8-9-10-11-22-39-30-21-20-29(33(35)36)32(38-4)31(30)27-14-12-25(13-15-27)26-16-18-28(19-17-26)41-34(37)40-23-24(3)6-2/h12-21,24H,5-11,22-23H2,1-4H3,(H,35,36). The third kappa shape index (κ3) is 9.27. The Morgan fingerprint density at radius 1 is 0.805 bits per heavy atom. The van der Waals surface area contributed by atoms with E-state index in [1.165, 1.54) is 38.9 Å². The zero-order chi connectivity index (χ0) is 29.6. The Bertz CT molecular complexity index is 1250. The molecule has 0 fully saturated rings. The fourth-order valence-corrected chi connectivity index (χ4v) is 4.40. The van der Waals surface area contributed by atoms with Crippen LogP contribution in [0.15, 0.2) is 60.7 Å². The lowest BCUT2D eigenvalue weighted by atomic mass is 9.97. The Kier molecular flexibility index (Phi) is 12.5. The summed E-state index contributed by atoms with van der Waals surface area (Å²) in [4.78, 5) is 23.9. The van der Waals surface area contributed by atoms with E-state index in [9.17, 15) is 14.7 Å². The van der Waals surface area contributed by atoms with E-state index in [1.54, 1.807) is 18.2 Å². The van der Waals surface area contributed by atoms with E-state index in [0.29, 0.717) is 30.3 Å². The predicted molar refractivity (Wildman–Crippen MR) is 161 cm³/mol. The average molecular weight is 563 g/mol. The van der Waals surface area contributed by atoms with Gasteiger partial charge in [0.05, 0.1) is 25.9 Å². The summed E-state index contributed by atoms with van der Waals surface area (Å²) in [6, 6.07) is 18.2. The zero-order valence-corrected chi connectivity index (χ0v) is 24.6. The Hall–Kier alpha value is -4.00. The smallest absolute Gasteiger partial charge is 0.495 e. The van der Waals surface area contributed by atoms with E-state index in [4.69, 9.17) is 18.9 Å². The number of benzene rings is 3. The average Bonchev–Trinajstić information content (AvgIpc) is 2.99. The molecule has 0 saturated carbocycles. The molecule has 0 saturated heterocycles. The molecule has 0 aromatic heterocycles. The molecule has 3 rings (SSSR count). The summed E-state index contributed by atoms with van der Waals surface area (Å²) in [5, 5.41) is 9.75. The normalized spacial score (nSPS) is 11.5. The number of carbonyl (C=O) groups excluding carboxylic acids is 1. The second-order valence-corrected chi connectivity index (χ2v) is 10.2. The lowest BCUT2D eigenvalue weighted by molar-refractivity contribution is 0.0692. The minimum Gasteiger partial charge on any atom is -0.495 e. The number of methoxy groups -OCH3 is 1. The van der Waals surface area contributed by atoms with Gasteiger partial charge in [0.1, 0.15) is 22.8 Å². The molecule has 7 heteroatoms. The lowest BCUT2D eigenvalue weighted by Gasteiger charge is -2.17. The van der Waals surface area contributed by atoms with Crippen LogP contribution in [-0.4, -0.2) is 37.6 Å². The van der Waals surface area contributed by atoms with Crippen LogP contribution in [0.2, 0.25) is 0 Å². The van der Waals surface area contributed by atoms with Gasteiger partial charge in [-0.05, 0) is 53.3 Å². The minimum absolute atomic E-state index is 0.0803.